The first-order chi connectivity index (χ1) is 6.33. The highest BCUT2D eigenvalue weighted by atomic mass is 16.6. The molecule has 0 aromatic rings. The molecule has 70 valence electrons. The Kier molecular flexibility index (Phi) is 4.00. The van der Waals surface area contributed by atoms with Crippen molar-refractivity contribution in [3.63, 3.8) is 0 Å². The van der Waals surface area contributed by atoms with Crippen molar-refractivity contribution in [3.8, 4) is 6.07 Å². The van der Waals surface area contributed by atoms with Gasteiger partial charge in [-0.15, -0.1) is 0 Å². The zero-order valence-electron chi connectivity index (χ0n) is 7.23. The average molecular weight is 181 g/mol. The van der Waals surface area contributed by atoms with Crippen molar-refractivity contribution in [2.45, 2.75) is 18.9 Å². The van der Waals surface area contributed by atoms with Crippen molar-refractivity contribution >= 4 is 5.97 Å². The van der Waals surface area contributed by atoms with Crippen molar-refractivity contribution in [3.05, 3.63) is 12.2 Å². The first-order valence-corrected chi connectivity index (χ1v) is 4.17. The minimum absolute atomic E-state index is 0.0411. The van der Waals surface area contributed by atoms with Gasteiger partial charge in [0.25, 0.3) is 0 Å². The molecule has 1 atom stereocenters. The molecule has 1 fully saturated rings. The van der Waals surface area contributed by atoms with Gasteiger partial charge in [-0.25, -0.2) is 4.79 Å². The fraction of sp³-hybridized carbons (Fsp3) is 0.556. The highest BCUT2D eigenvalue weighted by Gasteiger charge is 2.16. The monoisotopic (exact) mass is 181 g/mol. The molecule has 0 bridgehead atoms. The lowest BCUT2D eigenvalue weighted by atomic mass is 10.2. The molecule has 0 spiro atoms. The molecule has 0 aromatic carbocycles. The predicted octanol–water partition coefficient (Wildman–Crippen LogP) is 0.788. The normalized spacial score (nSPS) is 21.6. The van der Waals surface area contributed by atoms with Crippen LogP contribution in [0.2, 0.25) is 0 Å². The van der Waals surface area contributed by atoms with Crippen LogP contribution >= 0.6 is 0 Å². The Bertz CT molecular complexity index is 236. The number of allylic oxidation sites excluding steroid dienone is 1. The summed E-state index contributed by atoms with van der Waals surface area (Å²) in [5, 5.41) is 8.13. The van der Waals surface area contributed by atoms with Crippen molar-refractivity contribution in [1.82, 2.24) is 0 Å². The average Bonchev–Trinajstić information content (AvgIpc) is 2.64. The van der Waals surface area contributed by atoms with Gasteiger partial charge in [0.05, 0.1) is 12.2 Å². The minimum atomic E-state index is -0.489. The van der Waals surface area contributed by atoms with Crippen LogP contribution in [-0.2, 0) is 14.3 Å². The van der Waals surface area contributed by atoms with Gasteiger partial charge in [0.15, 0.2) is 0 Å². The third kappa shape index (κ3) is 3.72. The SMILES string of the molecule is N#CC=CC(=O)OCC1CCCO1. The highest BCUT2D eigenvalue weighted by Crippen LogP contribution is 2.11. The van der Waals surface area contributed by atoms with Crippen LogP contribution in [0.15, 0.2) is 12.2 Å². The van der Waals surface area contributed by atoms with Crippen LogP contribution < -0.4 is 0 Å². The van der Waals surface area contributed by atoms with Crippen LogP contribution in [0, 0.1) is 11.3 Å². The van der Waals surface area contributed by atoms with Crippen LogP contribution in [0.3, 0.4) is 0 Å². The summed E-state index contributed by atoms with van der Waals surface area (Å²) in [6.07, 6.45) is 4.21. The summed E-state index contributed by atoms with van der Waals surface area (Å²) < 4.78 is 10.1. The van der Waals surface area contributed by atoms with Gasteiger partial charge in [0, 0.05) is 18.8 Å². The number of rotatable bonds is 3. The van der Waals surface area contributed by atoms with Crippen molar-refractivity contribution in [1.29, 1.82) is 5.26 Å². The molecule has 1 aliphatic rings. The molecule has 13 heavy (non-hydrogen) atoms. The fourth-order valence-electron chi connectivity index (χ4n) is 1.10. The zero-order valence-corrected chi connectivity index (χ0v) is 7.23. The van der Waals surface area contributed by atoms with Gasteiger partial charge in [-0.05, 0) is 12.8 Å². The Morgan fingerprint density at radius 2 is 2.62 bits per heavy atom. The number of nitriles is 1. The molecule has 1 saturated heterocycles. The molecule has 0 aromatic heterocycles. The maximum absolute atomic E-state index is 10.8. The lowest BCUT2D eigenvalue weighted by molar-refractivity contribution is -0.140. The minimum Gasteiger partial charge on any atom is -0.460 e. The van der Waals surface area contributed by atoms with Gasteiger partial charge in [-0.2, -0.15) is 5.26 Å². The fourth-order valence-corrected chi connectivity index (χ4v) is 1.10. The second-order valence-electron chi connectivity index (χ2n) is 2.73. The van der Waals surface area contributed by atoms with E-state index in [0.29, 0.717) is 0 Å². The second-order valence-corrected chi connectivity index (χ2v) is 2.73. The summed E-state index contributed by atoms with van der Waals surface area (Å²) in [7, 11) is 0. The van der Waals surface area contributed by atoms with Crippen molar-refractivity contribution in [2.24, 2.45) is 0 Å². The van der Waals surface area contributed by atoms with E-state index in [2.05, 4.69) is 0 Å². The zero-order chi connectivity index (χ0) is 9.52. The molecule has 1 rings (SSSR count). The van der Waals surface area contributed by atoms with E-state index in [1.165, 1.54) is 0 Å². The van der Waals surface area contributed by atoms with E-state index in [1.807, 2.05) is 0 Å². The molecule has 1 aliphatic heterocycles. The molecule has 4 nitrogen and oxygen atoms in total. The summed E-state index contributed by atoms with van der Waals surface area (Å²) in [5.74, 6) is -0.489. The predicted molar refractivity (Wildman–Crippen MR) is 44.7 cm³/mol. The number of ether oxygens (including phenoxy) is 2. The van der Waals surface area contributed by atoms with Gasteiger partial charge in [-0.3, -0.25) is 0 Å². The maximum Gasteiger partial charge on any atom is 0.331 e. The van der Waals surface area contributed by atoms with Crippen LogP contribution in [0.1, 0.15) is 12.8 Å². The number of hydrogen-bond acceptors (Lipinski definition) is 4. The number of carbonyl (C=O) groups is 1. The van der Waals surface area contributed by atoms with Gasteiger partial charge < -0.3 is 9.47 Å². The molecule has 0 amide bonds. The van der Waals surface area contributed by atoms with E-state index in [-0.39, 0.29) is 12.7 Å². The summed E-state index contributed by atoms with van der Waals surface area (Å²) in [6.45, 7) is 1.03. The van der Waals surface area contributed by atoms with Gasteiger partial charge in [-0.1, -0.05) is 0 Å². The summed E-state index contributed by atoms with van der Waals surface area (Å²) >= 11 is 0. The Hall–Kier alpha value is -1.34. The molecular weight excluding hydrogens is 170 g/mol. The first-order valence-electron chi connectivity index (χ1n) is 4.17. The number of esters is 1. The number of nitrogens with zero attached hydrogens (tertiary/aromatic N) is 1. The largest absolute Gasteiger partial charge is 0.460 e. The van der Waals surface area contributed by atoms with E-state index in [9.17, 15) is 4.79 Å². The van der Waals surface area contributed by atoms with E-state index in [1.54, 1.807) is 6.07 Å². The van der Waals surface area contributed by atoms with E-state index in [4.69, 9.17) is 14.7 Å². The summed E-state index contributed by atoms with van der Waals surface area (Å²) in [6, 6.07) is 1.71. The molecule has 0 aliphatic carbocycles. The topological polar surface area (TPSA) is 59.3 Å². The molecule has 0 saturated carbocycles. The highest BCUT2D eigenvalue weighted by molar-refractivity contribution is 5.82. The second kappa shape index (κ2) is 5.33. The quantitative estimate of drug-likeness (QED) is 0.367. The summed E-state index contributed by atoms with van der Waals surface area (Å²) in [5.41, 5.74) is 0. The molecule has 1 heterocycles. The number of carbonyl (C=O) groups excluding carboxylic acids is 1. The maximum atomic E-state index is 10.8. The van der Waals surface area contributed by atoms with Gasteiger partial charge >= 0.3 is 5.97 Å². The van der Waals surface area contributed by atoms with Crippen molar-refractivity contribution in [2.75, 3.05) is 13.2 Å². The van der Waals surface area contributed by atoms with Crippen LogP contribution in [0.25, 0.3) is 0 Å². The van der Waals surface area contributed by atoms with Crippen LogP contribution in [0.4, 0.5) is 0 Å². The van der Waals surface area contributed by atoms with E-state index >= 15 is 0 Å². The van der Waals surface area contributed by atoms with Crippen LogP contribution in [-0.4, -0.2) is 25.3 Å². The van der Waals surface area contributed by atoms with E-state index in [0.717, 1.165) is 31.6 Å². The molecule has 1 unspecified atom stereocenters. The standard InChI is InChI=1S/C9H11NO3/c10-5-1-4-9(11)13-7-8-3-2-6-12-8/h1,4,8H,2-3,6-7H2. The van der Waals surface area contributed by atoms with Crippen LogP contribution in [0.5, 0.6) is 0 Å². The number of hydrogen-bond donors (Lipinski definition) is 0. The Balaban J connectivity index is 2.14. The van der Waals surface area contributed by atoms with Gasteiger partial charge in [0.1, 0.15) is 6.61 Å². The third-order valence-electron chi connectivity index (χ3n) is 1.73. The third-order valence-corrected chi connectivity index (χ3v) is 1.73. The molecule has 0 N–H and O–H groups in total. The van der Waals surface area contributed by atoms with Gasteiger partial charge in [0.2, 0.25) is 0 Å². The molecule has 0 radical (unpaired) electrons. The van der Waals surface area contributed by atoms with E-state index < -0.39 is 5.97 Å². The van der Waals surface area contributed by atoms with Crippen molar-refractivity contribution < 1.29 is 14.3 Å². The smallest absolute Gasteiger partial charge is 0.331 e. The molecular formula is C9H11NO3. The lowest BCUT2D eigenvalue weighted by Gasteiger charge is -2.07. The lowest BCUT2D eigenvalue weighted by Crippen LogP contribution is -2.16. The Labute approximate surface area is 76.7 Å². The first kappa shape index (κ1) is 9.75. The summed E-state index contributed by atoms with van der Waals surface area (Å²) in [4.78, 5) is 10.8. The Morgan fingerprint density at radius 3 is 3.23 bits per heavy atom. The Morgan fingerprint density at radius 1 is 1.77 bits per heavy atom. The molecule has 4 heteroatoms.